The van der Waals surface area contributed by atoms with E-state index in [-0.39, 0.29) is 6.04 Å². The van der Waals surface area contributed by atoms with Crippen molar-refractivity contribution >= 4 is 0 Å². The molecule has 20 heavy (non-hydrogen) atoms. The molecule has 0 aliphatic carbocycles. The van der Waals surface area contributed by atoms with Crippen LogP contribution < -0.4 is 5.73 Å². The van der Waals surface area contributed by atoms with Gasteiger partial charge in [0.1, 0.15) is 11.6 Å². The van der Waals surface area contributed by atoms with Crippen molar-refractivity contribution in [1.82, 2.24) is 4.90 Å². The highest BCUT2D eigenvalue weighted by Gasteiger charge is 2.27. The molecule has 1 unspecified atom stereocenters. The molecule has 0 radical (unpaired) electrons. The number of likely N-dealkylation sites (tertiary alicyclic amines) is 1. The Morgan fingerprint density at radius 1 is 1.35 bits per heavy atom. The molecule has 1 saturated heterocycles. The average Bonchev–Trinajstić information content (AvgIpc) is 2.44. The molecule has 1 atom stereocenters. The van der Waals surface area contributed by atoms with Crippen LogP contribution in [0.15, 0.2) is 18.2 Å². The van der Waals surface area contributed by atoms with Gasteiger partial charge in [-0.15, -0.1) is 0 Å². The summed E-state index contributed by atoms with van der Waals surface area (Å²) in [5, 5.41) is 0. The van der Waals surface area contributed by atoms with Crippen molar-refractivity contribution in [2.75, 3.05) is 33.4 Å². The Hall–Kier alpha value is -1.04. The molecular weight excluding hydrogens is 262 g/mol. The van der Waals surface area contributed by atoms with Gasteiger partial charge in [-0.25, -0.2) is 8.78 Å². The van der Waals surface area contributed by atoms with Crippen molar-refractivity contribution in [3.63, 3.8) is 0 Å². The first-order valence-electron chi connectivity index (χ1n) is 7.03. The summed E-state index contributed by atoms with van der Waals surface area (Å²) in [5.74, 6) is -0.506. The number of methoxy groups -OCH3 is 1. The molecule has 1 aromatic rings. The van der Waals surface area contributed by atoms with Gasteiger partial charge < -0.3 is 10.5 Å². The topological polar surface area (TPSA) is 38.5 Å². The van der Waals surface area contributed by atoms with Crippen LogP contribution in [-0.4, -0.2) is 38.3 Å². The minimum Gasteiger partial charge on any atom is -0.384 e. The van der Waals surface area contributed by atoms with Crippen LogP contribution in [0.2, 0.25) is 0 Å². The van der Waals surface area contributed by atoms with E-state index in [0.29, 0.717) is 18.0 Å². The molecule has 1 fully saturated rings. The molecule has 0 saturated carbocycles. The average molecular weight is 284 g/mol. The third-order valence-electron chi connectivity index (χ3n) is 4.04. The van der Waals surface area contributed by atoms with Crippen LogP contribution in [-0.2, 0) is 4.74 Å². The highest BCUT2D eigenvalue weighted by atomic mass is 19.1. The number of ether oxygens (including phenoxy) is 1. The van der Waals surface area contributed by atoms with Crippen molar-refractivity contribution in [1.29, 1.82) is 0 Å². The lowest BCUT2D eigenvalue weighted by atomic mass is 9.94. The van der Waals surface area contributed by atoms with E-state index in [4.69, 9.17) is 10.5 Å². The van der Waals surface area contributed by atoms with Gasteiger partial charge in [-0.2, -0.15) is 0 Å². The Morgan fingerprint density at radius 3 is 2.60 bits per heavy atom. The lowest BCUT2D eigenvalue weighted by Crippen LogP contribution is -2.40. The first-order valence-corrected chi connectivity index (χ1v) is 7.03. The summed E-state index contributed by atoms with van der Waals surface area (Å²) < 4.78 is 32.1. The second-order valence-corrected chi connectivity index (χ2v) is 5.35. The number of benzene rings is 1. The quantitative estimate of drug-likeness (QED) is 0.902. The van der Waals surface area contributed by atoms with Crippen molar-refractivity contribution in [2.45, 2.75) is 18.9 Å². The molecule has 1 aliphatic heterocycles. The molecule has 1 aromatic carbocycles. The molecule has 2 N–H and O–H groups in total. The minimum atomic E-state index is -0.555. The monoisotopic (exact) mass is 284 g/mol. The van der Waals surface area contributed by atoms with Crippen molar-refractivity contribution in [3.05, 3.63) is 35.4 Å². The number of halogens is 2. The van der Waals surface area contributed by atoms with Crippen molar-refractivity contribution in [2.24, 2.45) is 11.7 Å². The molecule has 3 nitrogen and oxygen atoms in total. The Morgan fingerprint density at radius 2 is 2.05 bits per heavy atom. The zero-order chi connectivity index (χ0) is 14.5. The highest BCUT2D eigenvalue weighted by molar-refractivity contribution is 5.22. The molecule has 5 heteroatoms. The molecule has 112 valence electrons. The Kier molecular flexibility index (Phi) is 5.46. The number of hydrogen-bond acceptors (Lipinski definition) is 3. The summed E-state index contributed by atoms with van der Waals surface area (Å²) in [5.41, 5.74) is 6.29. The fraction of sp³-hybridized carbons (Fsp3) is 0.600. The van der Waals surface area contributed by atoms with E-state index in [1.165, 1.54) is 12.1 Å². The summed E-state index contributed by atoms with van der Waals surface area (Å²) in [6.07, 6.45) is 2.04. The fourth-order valence-corrected chi connectivity index (χ4v) is 2.91. The molecule has 0 amide bonds. The maximum atomic E-state index is 13.9. The Bertz CT molecular complexity index is 434. The van der Waals surface area contributed by atoms with E-state index in [1.807, 2.05) is 0 Å². The van der Waals surface area contributed by atoms with Crippen LogP contribution in [0, 0.1) is 17.6 Å². The van der Waals surface area contributed by atoms with Gasteiger partial charge in [0.2, 0.25) is 0 Å². The molecular formula is C15H22F2N2O. The summed E-state index contributed by atoms with van der Waals surface area (Å²) in [6, 6.07) is 3.54. The van der Waals surface area contributed by atoms with Gasteiger partial charge in [0, 0.05) is 37.9 Å². The zero-order valence-corrected chi connectivity index (χ0v) is 11.8. The minimum absolute atomic E-state index is 0.181. The zero-order valence-electron chi connectivity index (χ0n) is 11.8. The second kappa shape index (κ2) is 7.11. The van der Waals surface area contributed by atoms with Crippen LogP contribution in [0.1, 0.15) is 24.4 Å². The molecule has 0 aromatic heterocycles. The first-order chi connectivity index (χ1) is 9.65. The maximum Gasteiger partial charge on any atom is 0.130 e. The van der Waals surface area contributed by atoms with Gasteiger partial charge in [0.15, 0.2) is 0 Å². The van der Waals surface area contributed by atoms with Gasteiger partial charge in [0.25, 0.3) is 0 Å². The van der Waals surface area contributed by atoms with E-state index < -0.39 is 11.6 Å². The number of piperidine rings is 1. The highest BCUT2D eigenvalue weighted by Crippen LogP contribution is 2.28. The van der Waals surface area contributed by atoms with E-state index >= 15 is 0 Å². The summed E-state index contributed by atoms with van der Waals surface area (Å²) >= 11 is 0. The first kappa shape index (κ1) is 15.4. The lowest BCUT2D eigenvalue weighted by Gasteiger charge is -2.37. The van der Waals surface area contributed by atoms with Gasteiger partial charge in [-0.1, -0.05) is 6.07 Å². The number of hydrogen-bond donors (Lipinski definition) is 1. The predicted molar refractivity (Wildman–Crippen MR) is 74.3 cm³/mol. The van der Waals surface area contributed by atoms with E-state index in [2.05, 4.69) is 4.90 Å². The SMILES string of the molecule is COCC1CCN(C(CN)c2ccc(F)cc2F)CC1. The van der Waals surface area contributed by atoms with Gasteiger partial charge >= 0.3 is 0 Å². The maximum absolute atomic E-state index is 13.9. The summed E-state index contributed by atoms with van der Waals surface area (Å²) in [6.45, 7) is 2.84. The fourth-order valence-electron chi connectivity index (χ4n) is 2.91. The van der Waals surface area contributed by atoms with E-state index in [9.17, 15) is 8.78 Å². The molecule has 1 heterocycles. The summed E-state index contributed by atoms with van der Waals surface area (Å²) in [7, 11) is 1.71. The Labute approximate surface area is 118 Å². The van der Waals surface area contributed by atoms with Crippen LogP contribution in [0.5, 0.6) is 0 Å². The normalized spacial score (nSPS) is 19.2. The lowest BCUT2D eigenvalue weighted by molar-refractivity contribution is 0.0802. The van der Waals surface area contributed by atoms with Gasteiger partial charge in [0.05, 0.1) is 0 Å². The second-order valence-electron chi connectivity index (χ2n) is 5.35. The molecule has 0 bridgehead atoms. The number of nitrogens with zero attached hydrogens (tertiary/aromatic N) is 1. The van der Waals surface area contributed by atoms with Gasteiger partial charge in [-0.05, 0) is 37.9 Å². The van der Waals surface area contributed by atoms with E-state index in [0.717, 1.165) is 38.6 Å². The van der Waals surface area contributed by atoms with Crippen molar-refractivity contribution < 1.29 is 13.5 Å². The summed E-state index contributed by atoms with van der Waals surface area (Å²) in [4.78, 5) is 2.18. The molecule has 0 spiro atoms. The van der Waals surface area contributed by atoms with Crippen LogP contribution in [0.25, 0.3) is 0 Å². The molecule has 2 rings (SSSR count). The number of rotatable bonds is 5. The van der Waals surface area contributed by atoms with Crippen LogP contribution in [0.3, 0.4) is 0 Å². The third kappa shape index (κ3) is 3.53. The van der Waals surface area contributed by atoms with Crippen LogP contribution in [0.4, 0.5) is 8.78 Å². The van der Waals surface area contributed by atoms with E-state index in [1.54, 1.807) is 7.11 Å². The third-order valence-corrected chi connectivity index (χ3v) is 4.04. The Balaban J connectivity index is 2.05. The standard InChI is InChI=1S/C15H22F2N2O/c1-20-10-11-4-6-19(7-5-11)15(9-18)13-3-2-12(16)8-14(13)17/h2-3,8,11,15H,4-7,9-10,18H2,1H3. The van der Waals surface area contributed by atoms with Crippen molar-refractivity contribution in [3.8, 4) is 0 Å². The molecule has 1 aliphatic rings. The largest absolute Gasteiger partial charge is 0.384 e. The smallest absolute Gasteiger partial charge is 0.130 e. The number of nitrogens with two attached hydrogens (primary N) is 1. The van der Waals surface area contributed by atoms with Crippen LogP contribution >= 0.6 is 0 Å². The van der Waals surface area contributed by atoms with Gasteiger partial charge in [-0.3, -0.25) is 4.90 Å². The predicted octanol–water partition coefficient (Wildman–Crippen LogP) is 2.32.